The Kier molecular flexibility index (Phi) is 3.31. The van der Waals surface area contributed by atoms with Gasteiger partial charge in [-0.1, -0.05) is 0 Å². The van der Waals surface area contributed by atoms with Crippen molar-refractivity contribution in [1.29, 1.82) is 0 Å². The number of carbonyl (C=O) groups excluding carboxylic acids is 1. The lowest BCUT2D eigenvalue weighted by atomic mass is 10.4. The van der Waals surface area contributed by atoms with Crippen LogP contribution in [0.1, 0.15) is 21.3 Å². The molecule has 16 heavy (non-hydrogen) atoms. The summed E-state index contributed by atoms with van der Waals surface area (Å²) in [7, 11) is 0. The number of thiazole rings is 1. The Morgan fingerprint density at radius 3 is 3.12 bits per heavy atom. The molecule has 2 N–H and O–H groups in total. The van der Waals surface area contributed by atoms with Gasteiger partial charge in [0, 0.05) is 30.7 Å². The number of aryl methyl sites for hydroxylation is 1. The second-order valence-corrected chi connectivity index (χ2v) is 4.36. The molecule has 0 aliphatic carbocycles. The predicted octanol–water partition coefficient (Wildman–Crippen LogP) is 1.15. The summed E-state index contributed by atoms with van der Waals surface area (Å²) in [6, 6.07) is 0. The summed E-state index contributed by atoms with van der Waals surface area (Å²) in [6.07, 6.45) is 4.16. The molecule has 6 heteroatoms. The van der Waals surface area contributed by atoms with Crippen LogP contribution < -0.4 is 5.32 Å². The van der Waals surface area contributed by atoms with Gasteiger partial charge in [0.15, 0.2) is 0 Å². The minimum Gasteiger partial charge on any atom is -0.350 e. The quantitative estimate of drug-likeness (QED) is 0.836. The molecule has 0 unspecified atom stereocenters. The highest BCUT2D eigenvalue weighted by atomic mass is 32.1. The minimum absolute atomic E-state index is 0.129. The maximum absolute atomic E-state index is 11.6. The first-order valence-corrected chi connectivity index (χ1v) is 5.82. The Morgan fingerprint density at radius 1 is 1.62 bits per heavy atom. The Hall–Kier alpha value is -1.69. The molecular formula is C10H12N4OS. The van der Waals surface area contributed by atoms with Gasteiger partial charge in [0.25, 0.3) is 5.91 Å². The molecule has 2 aromatic heterocycles. The number of hydrogen-bond acceptors (Lipinski definition) is 4. The predicted molar refractivity (Wildman–Crippen MR) is 61.5 cm³/mol. The van der Waals surface area contributed by atoms with Crippen LogP contribution in [0.3, 0.4) is 0 Å². The topological polar surface area (TPSA) is 70.7 Å². The summed E-state index contributed by atoms with van der Waals surface area (Å²) in [5.74, 6) is 0.741. The van der Waals surface area contributed by atoms with Crippen molar-refractivity contribution < 1.29 is 4.79 Å². The van der Waals surface area contributed by atoms with Crippen molar-refractivity contribution in [2.24, 2.45) is 0 Å². The van der Waals surface area contributed by atoms with Gasteiger partial charge in [-0.2, -0.15) is 0 Å². The van der Waals surface area contributed by atoms with E-state index in [1.54, 1.807) is 17.8 Å². The second-order valence-electron chi connectivity index (χ2n) is 3.29. The molecule has 0 spiro atoms. The molecule has 2 heterocycles. The van der Waals surface area contributed by atoms with E-state index in [1.807, 2.05) is 6.92 Å². The van der Waals surface area contributed by atoms with E-state index in [-0.39, 0.29) is 5.91 Å². The molecule has 5 nitrogen and oxygen atoms in total. The van der Waals surface area contributed by atoms with Gasteiger partial charge < -0.3 is 10.3 Å². The van der Waals surface area contributed by atoms with Gasteiger partial charge >= 0.3 is 0 Å². The molecular weight excluding hydrogens is 224 g/mol. The molecule has 0 radical (unpaired) electrons. The van der Waals surface area contributed by atoms with Crippen LogP contribution in [0.15, 0.2) is 17.8 Å². The van der Waals surface area contributed by atoms with Gasteiger partial charge in [0.05, 0.1) is 5.01 Å². The Bertz CT molecular complexity index is 463. The fourth-order valence-corrected chi connectivity index (χ4v) is 1.88. The van der Waals surface area contributed by atoms with E-state index in [1.165, 1.54) is 11.3 Å². The number of H-pyrrole nitrogens is 1. The molecule has 0 aliphatic rings. The van der Waals surface area contributed by atoms with E-state index >= 15 is 0 Å². The first kappa shape index (κ1) is 10.8. The maximum atomic E-state index is 11.6. The van der Waals surface area contributed by atoms with E-state index in [2.05, 4.69) is 20.3 Å². The fraction of sp³-hybridized carbons (Fsp3) is 0.300. The second kappa shape index (κ2) is 4.89. The summed E-state index contributed by atoms with van der Waals surface area (Å²) >= 11 is 1.47. The SMILES string of the molecule is Cc1nc(C(=O)NCCc2ncc[nH]2)cs1. The molecule has 0 saturated heterocycles. The number of nitrogens with one attached hydrogen (secondary N) is 2. The molecule has 0 aromatic carbocycles. The number of carbonyl (C=O) groups is 1. The third kappa shape index (κ3) is 2.66. The lowest BCUT2D eigenvalue weighted by molar-refractivity contribution is 0.0949. The number of aromatic nitrogens is 3. The Morgan fingerprint density at radius 2 is 2.50 bits per heavy atom. The van der Waals surface area contributed by atoms with Crippen LogP contribution in [0.4, 0.5) is 0 Å². The highest BCUT2D eigenvalue weighted by Gasteiger charge is 2.08. The van der Waals surface area contributed by atoms with Crippen LogP contribution in [0.25, 0.3) is 0 Å². The summed E-state index contributed by atoms with van der Waals surface area (Å²) in [4.78, 5) is 22.7. The molecule has 0 saturated carbocycles. The smallest absolute Gasteiger partial charge is 0.270 e. The van der Waals surface area contributed by atoms with E-state index in [4.69, 9.17) is 0 Å². The van der Waals surface area contributed by atoms with Crippen molar-refractivity contribution in [2.75, 3.05) is 6.54 Å². The van der Waals surface area contributed by atoms with E-state index < -0.39 is 0 Å². The maximum Gasteiger partial charge on any atom is 0.270 e. The van der Waals surface area contributed by atoms with Crippen molar-refractivity contribution in [3.63, 3.8) is 0 Å². The molecule has 0 aliphatic heterocycles. The molecule has 1 amide bonds. The molecule has 0 bridgehead atoms. The standard InChI is InChI=1S/C10H12N4OS/c1-7-14-8(6-16-7)10(15)13-3-2-9-11-4-5-12-9/h4-6H,2-3H2,1H3,(H,11,12)(H,13,15). The minimum atomic E-state index is -0.129. The first-order valence-electron chi connectivity index (χ1n) is 4.94. The summed E-state index contributed by atoms with van der Waals surface area (Å²) < 4.78 is 0. The van der Waals surface area contributed by atoms with Gasteiger partial charge in [-0.15, -0.1) is 11.3 Å². The van der Waals surface area contributed by atoms with Gasteiger partial charge in [-0.25, -0.2) is 9.97 Å². The normalized spacial score (nSPS) is 10.3. The van der Waals surface area contributed by atoms with Crippen LogP contribution >= 0.6 is 11.3 Å². The van der Waals surface area contributed by atoms with Crippen LogP contribution in [0.5, 0.6) is 0 Å². The highest BCUT2D eigenvalue weighted by molar-refractivity contribution is 7.09. The van der Waals surface area contributed by atoms with E-state index in [0.717, 1.165) is 10.8 Å². The van der Waals surface area contributed by atoms with Crippen molar-refractivity contribution in [2.45, 2.75) is 13.3 Å². The van der Waals surface area contributed by atoms with Crippen molar-refractivity contribution in [3.8, 4) is 0 Å². The third-order valence-electron chi connectivity index (χ3n) is 2.05. The Balaban J connectivity index is 1.80. The summed E-state index contributed by atoms with van der Waals surface area (Å²) in [5, 5.41) is 5.46. The average Bonchev–Trinajstić information content (AvgIpc) is 2.89. The van der Waals surface area contributed by atoms with Gasteiger partial charge in [-0.3, -0.25) is 4.79 Å². The van der Waals surface area contributed by atoms with E-state index in [0.29, 0.717) is 18.7 Å². The van der Waals surface area contributed by atoms with Crippen LogP contribution in [0.2, 0.25) is 0 Å². The zero-order chi connectivity index (χ0) is 11.4. The molecule has 84 valence electrons. The highest BCUT2D eigenvalue weighted by Crippen LogP contribution is 2.07. The molecule has 0 fully saturated rings. The lowest BCUT2D eigenvalue weighted by Crippen LogP contribution is -2.26. The van der Waals surface area contributed by atoms with Crippen molar-refractivity contribution >= 4 is 17.2 Å². The zero-order valence-electron chi connectivity index (χ0n) is 8.86. The number of hydrogen-bond donors (Lipinski definition) is 2. The van der Waals surface area contributed by atoms with Crippen LogP contribution in [-0.4, -0.2) is 27.4 Å². The molecule has 2 rings (SSSR count). The molecule has 2 aromatic rings. The largest absolute Gasteiger partial charge is 0.350 e. The number of rotatable bonds is 4. The van der Waals surface area contributed by atoms with Crippen molar-refractivity contribution in [1.82, 2.24) is 20.3 Å². The fourth-order valence-electron chi connectivity index (χ4n) is 1.29. The molecule has 0 atom stereocenters. The average molecular weight is 236 g/mol. The van der Waals surface area contributed by atoms with Gasteiger partial charge in [-0.05, 0) is 6.92 Å². The van der Waals surface area contributed by atoms with E-state index in [9.17, 15) is 4.79 Å². The number of imidazole rings is 1. The number of nitrogens with zero attached hydrogens (tertiary/aromatic N) is 2. The third-order valence-corrected chi connectivity index (χ3v) is 2.83. The van der Waals surface area contributed by atoms with Gasteiger partial charge in [0.2, 0.25) is 0 Å². The van der Waals surface area contributed by atoms with Crippen molar-refractivity contribution in [3.05, 3.63) is 34.3 Å². The summed E-state index contributed by atoms with van der Waals surface area (Å²) in [6.45, 7) is 2.44. The van der Waals surface area contributed by atoms with Crippen LogP contribution in [-0.2, 0) is 6.42 Å². The monoisotopic (exact) mass is 236 g/mol. The first-order chi connectivity index (χ1) is 7.75. The number of amides is 1. The number of aromatic amines is 1. The zero-order valence-corrected chi connectivity index (χ0v) is 9.67. The Labute approximate surface area is 96.9 Å². The summed E-state index contributed by atoms with van der Waals surface area (Å²) in [5.41, 5.74) is 0.488. The lowest BCUT2D eigenvalue weighted by Gasteiger charge is -2.00. The van der Waals surface area contributed by atoms with Gasteiger partial charge in [0.1, 0.15) is 11.5 Å². The van der Waals surface area contributed by atoms with Crippen LogP contribution in [0, 0.1) is 6.92 Å².